The van der Waals surface area contributed by atoms with E-state index in [4.69, 9.17) is 9.47 Å². The molecule has 0 bridgehead atoms. The number of carbonyl (C=O) groups excluding carboxylic acids is 1. The van der Waals surface area contributed by atoms with Crippen molar-refractivity contribution < 1.29 is 14.3 Å². The Morgan fingerprint density at radius 1 is 0.920 bits per heavy atom. The largest absolute Gasteiger partial charge is 0.463 e. The second kappa shape index (κ2) is 14.4. The Labute approximate surface area is 155 Å². The van der Waals surface area contributed by atoms with Gasteiger partial charge in [0.15, 0.2) is 0 Å². The van der Waals surface area contributed by atoms with Crippen LogP contribution >= 0.6 is 0 Å². The highest BCUT2D eigenvalue weighted by Crippen LogP contribution is 2.26. The standard InChI is InChI=1S/C22H40O3/c1-3-4-5-6-7-8-9-10-11-12-13-14-15-16-17-18-21(23)24-19-22(2)20-25-22/h10-11H,3-9,12-20H2,1-2H3/b11-10-. The van der Waals surface area contributed by atoms with Gasteiger partial charge in [0.1, 0.15) is 12.2 Å². The molecule has 0 aromatic rings. The van der Waals surface area contributed by atoms with Gasteiger partial charge in [-0.2, -0.15) is 0 Å². The summed E-state index contributed by atoms with van der Waals surface area (Å²) >= 11 is 0. The highest BCUT2D eigenvalue weighted by molar-refractivity contribution is 5.69. The van der Waals surface area contributed by atoms with Gasteiger partial charge >= 0.3 is 5.97 Å². The van der Waals surface area contributed by atoms with Crippen molar-refractivity contribution >= 4 is 5.97 Å². The van der Waals surface area contributed by atoms with Crippen LogP contribution in [0.2, 0.25) is 0 Å². The van der Waals surface area contributed by atoms with Gasteiger partial charge in [0.05, 0.1) is 6.61 Å². The van der Waals surface area contributed by atoms with Crippen molar-refractivity contribution in [3.8, 4) is 0 Å². The van der Waals surface area contributed by atoms with Crippen LogP contribution in [0.25, 0.3) is 0 Å². The third kappa shape index (κ3) is 14.1. The van der Waals surface area contributed by atoms with E-state index in [0.29, 0.717) is 19.6 Å². The summed E-state index contributed by atoms with van der Waals surface area (Å²) in [7, 11) is 0. The zero-order valence-corrected chi connectivity index (χ0v) is 16.7. The zero-order chi connectivity index (χ0) is 18.2. The van der Waals surface area contributed by atoms with Crippen LogP contribution in [0.3, 0.4) is 0 Å². The maximum atomic E-state index is 11.6. The van der Waals surface area contributed by atoms with Gasteiger partial charge in [-0.15, -0.1) is 0 Å². The van der Waals surface area contributed by atoms with E-state index in [9.17, 15) is 4.79 Å². The van der Waals surface area contributed by atoms with Crippen molar-refractivity contribution in [3.05, 3.63) is 12.2 Å². The lowest BCUT2D eigenvalue weighted by Crippen LogP contribution is -2.18. The molecule has 3 heteroatoms. The lowest BCUT2D eigenvalue weighted by molar-refractivity contribution is -0.145. The average molecular weight is 353 g/mol. The summed E-state index contributed by atoms with van der Waals surface area (Å²) in [5.74, 6) is -0.0747. The van der Waals surface area contributed by atoms with Crippen LogP contribution in [0.15, 0.2) is 12.2 Å². The molecule has 0 aromatic carbocycles. The van der Waals surface area contributed by atoms with Crippen LogP contribution in [-0.2, 0) is 14.3 Å². The summed E-state index contributed by atoms with van der Waals surface area (Å²) < 4.78 is 10.4. The Morgan fingerprint density at radius 2 is 1.44 bits per heavy atom. The van der Waals surface area contributed by atoms with Gasteiger partial charge < -0.3 is 9.47 Å². The Balaban J connectivity index is 1.75. The molecular formula is C22H40O3. The maximum absolute atomic E-state index is 11.6. The molecule has 1 aliphatic rings. The number of unbranched alkanes of at least 4 members (excludes halogenated alkanes) is 11. The SMILES string of the molecule is CCCCCCCC/C=C\CCCCCCCC(=O)OCC1(C)CO1. The van der Waals surface area contributed by atoms with Crippen LogP contribution in [0.4, 0.5) is 0 Å². The number of allylic oxidation sites excluding steroid dienone is 2. The minimum Gasteiger partial charge on any atom is -0.463 e. The van der Waals surface area contributed by atoms with E-state index in [1.54, 1.807) is 0 Å². The minimum atomic E-state index is -0.182. The van der Waals surface area contributed by atoms with Gasteiger partial charge in [0, 0.05) is 6.42 Å². The van der Waals surface area contributed by atoms with Crippen molar-refractivity contribution in [2.45, 2.75) is 109 Å². The van der Waals surface area contributed by atoms with E-state index in [0.717, 1.165) is 12.8 Å². The molecule has 25 heavy (non-hydrogen) atoms. The number of esters is 1. The quantitative estimate of drug-likeness (QED) is 0.132. The number of hydrogen-bond donors (Lipinski definition) is 0. The van der Waals surface area contributed by atoms with Crippen molar-refractivity contribution in [1.82, 2.24) is 0 Å². The van der Waals surface area contributed by atoms with Gasteiger partial charge in [0.25, 0.3) is 0 Å². The highest BCUT2D eigenvalue weighted by Gasteiger charge is 2.40. The van der Waals surface area contributed by atoms with E-state index in [1.807, 2.05) is 6.92 Å². The third-order valence-electron chi connectivity index (χ3n) is 4.82. The van der Waals surface area contributed by atoms with Crippen LogP contribution in [0.1, 0.15) is 104 Å². The van der Waals surface area contributed by atoms with Crippen molar-refractivity contribution in [3.63, 3.8) is 0 Å². The fraction of sp³-hybridized carbons (Fsp3) is 0.864. The summed E-state index contributed by atoms with van der Waals surface area (Å²) in [6, 6.07) is 0. The van der Waals surface area contributed by atoms with Crippen molar-refractivity contribution in [2.24, 2.45) is 0 Å². The molecule has 1 heterocycles. The smallest absolute Gasteiger partial charge is 0.305 e. The molecule has 0 N–H and O–H groups in total. The minimum absolute atomic E-state index is 0.0747. The monoisotopic (exact) mass is 352 g/mol. The summed E-state index contributed by atoms with van der Waals surface area (Å²) in [6.45, 7) is 5.37. The van der Waals surface area contributed by atoms with Crippen LogP contribution in [-0.4, -0.2) is 24.8 Å². The predicted octanol–water partition coefficient (Wildman–Crippen LogP) is 6.36. The molecule has 1 unspecified atom stereocenters. The van der Waals surface area contributed by atoms with Crippen molar-refractivity contribution in [1.29, 1.82) is 0 Å². The Hall–Kier alpha value is -0.830. The molecule has 1 saturated heterocycles. The molecule has 0 radical (unpaired) electrons. The molecule has 1 fully saturated rings. The molecule has 1 aliphatic heterocycles. The van der Waals surface area contributed by atoms with E-state index in [-0.39, 0.29) is 11.6 Å². The van der Waals surface area contributed by atoms with Crippen LogP contribution in [0.5, 0.6) is 0 Å². The first-order chi connectivity index (χ1) is 12.2. The Kier molecular flexibility index (Phi) is 12.8. The fourth-order valence-corrected chi connectivity index (χ4v) is 2.85. The Morgan fingerprint density at radius 3 is 2.00 bits per heavy atom. The molecular weight excluding hydrogens is 312 g/mol. The summed E-state index contributed by atoms with van der Waals surface area (Å²) in [4.78, 5) is 11.6. The van der Waals surface area contributed by atoms with Gasteiger partial charge in [-0.05, 0) is 39.0 Å². The number of ether oxygens (including phenoxy) is 2. The maximum Gasteiger partial charge on any atom is 0.305 e. The van der Waals surface area contributed by atoms with Gasteiger partial charge in [0.2, 0.25) is 0 Å². The first kappa shape index (κ1) is 22.2. The van der Waals surface area contributed by atoms with Crippen LogP contribution < -0.4 is 0 Å². The van der Waals surface area contributed by atoms with Gasteiger partial charge in [-0.25, -0.2) is 0 Å². The summed E-state index contributed by atoms with van der Waals surface area (Å²) in [5.41, 5.74) is -0.182. The molecule has 0 amide bonds. The lowest BCUT2D eigenvalue weighted by Gasteiger charge is -2.07. The second-order valence-electron chi connectivity index (χ2n) is 7.73. The van der Waals surface area contributed by atoms with E-state index >= 15 is 0 Å². The number of hydrogen-bond acceptors (Lipinski definition) is 3. The highest BCUT2D eigenvalue weighted by atomic mass is 16.6. The first-order valence-corrected chi connectivity index (χ1v) is 10.6. The normalized spacial score (nSPS) is 19.4. The molecule has 1 atom stereocenters. The number of epoxide rings is 1. The molecule has 0 aliphatic carbocycles. The zero-order valence-electron chi connectivity index (χ0n) is 16.7. The third-order valence-corrected chi connectivity index (χ3v) is 4.82. The molecule has 3 nitrogen and oxygen atoms in total. The molecule has 0 aromatic heterocycles. The van der Waals surface area contributed by atoms with Crippen molar-refractivity contribution in [2.75, 3.05) is 13.2 Å². The molecule has 146 valence electrons. The number of rotatable bonds is 17. The van der Waals surface area contributed by atoms with Gasteiger partial charge in [-0.3, -0.25) is 4.79 Å². The topological polar surface area (TPSA) is 38.8 Å². The summed E-state index contributed by atoms with van der Waals surface area (Å²) in [5, 5.41) is 0. The van der Waals surface area contributed by atoms with E-state index in [1.165, 1.54) is 70.6 Å². The first-order valence-electron chi connectivity index (χ1n) is 10.6. The fourth-order valence-electron chi connectivity index (χ4n) is 2.85. The van der Waals surface area contributed by atoms with Crippen LogP contribution in [0, 0.1) is 0 Å². The van der Waals surface area contributed by atoms with Gasteiger partial charge in [-0.1, -0.05) is 70.4 Å². The lowest BCUT2D eigenvalue weighted by atomic mass is 10.1. The van der Waals surface area contributed by atoms with E-state index < -0.39 is 0 Å². The summed E-state index contributed by atoms with van der Waals surface area (Å²) in [6.07, 6.45) is 21.8. The molecule has 0 saturated carbocycles. The average Bonchev–Trinajstić information content (AvgIpc) is 3.34. The Bertz CT molecular complexity index is 358. The van der Waals surface area contributed by atoms with E-state index in [2.05, 4.69) is 19.1 Å². The number of carbonyl (C=O) groups is 1. The predicted molar refractivity (Wildman–Crippen MR) is 105 cm³/mol. The second-order valence-corrected chi connectivity index (χ2v) is 7.73. The molecule has 0 spiro atoms. The molecule has 1 rings (SSSR count).